The highest BCUT2D eigenvalue weighted by Crippen LogP contribution is 2.45. The number of hydrogen-bond donors (Lipinski definition) is 2. The Kier molecular flexibility index (Phi) is 4.83. The second kappa shape index (κ2) is 7.65. The van der Waals surface area contributed by atoms with Gasteiger partial charge in [-0.05, 0) is 66.1 Å². The molecule has 2 atom stereocenters. The number of thiophene rings is 1. The zero-order valence-electron chi connectivity index (χ0n) is 17.1. The Bertz CT molecular complexity index is 1120. The second-order valence-electron chi connectivity index (χ2n) is 7.96. The van der Waals surface area contributed by atoms with Gasteiger partial charge in [-0.1, -0.05) is 24.3 Å². The number of benzene rings is 2. The van der Waals surface area contributed by atoms with Crippen LogP contribution in [0.4, 0.5) is 11.4 Å². The van der Waals surface area contributed by atoms with Crippen LogP contribution in [0, 0.1) is 6.92 Å². The quantitative estimate of drug-likeness (QED) is 0.546. The zero-order valence-corrected chi connectivity index (χ0v) is 17.9. The topological polar surface area (TPSA) is 50.4 Å². The summed E-state index contributed by atoms with van der Waals surface area (Å²) in [6.07, 6.45) is 1.33. The number of Topliss-reactive ketones (excluding diaryl/α,β-unsaturated/α-hetero) is 1. The number of ketones is 1. The molecular formula is C25H24N2O2S. The first kappa shape index (κ1) is 18.9. The predicted molar refractivity (Wildman–Crippen MR) is 122 cm³/mol. The maximum absolute atomic E-state index is 13.5. The second-order valence-corrected chi connectivity index (χ2v) is 8.94. The van der Waals surface area contributed by atoms with Crippen molar-refractivity contribution in [2.75, 3.05) is 17.7 Å². The van der Waals surface area contributed by atoms with Crippen LogP contribution in [0.15, 0.2) is 71.2 Å². The minimum Gasteiger partial charge on any atom is -0.497 e. The Morgan fingerprint density at radius 1 is 1.03 bits per heavy atom. The first-order valence-corrected chi connectivity index (χ1v) is 11.1. The molecule has 1 aliphatic carbocycles. The van der Waals surface area contributed by atoms with Crippen molar-refractivity contribution in [2.45, 2.75) is 31.7 Å². The Morgan fingerprint density at radius 3 is 2.60 bits per heavy atom. The normalized spacial score (nSPS) is 20.5. The fraction of sp³-hybridized carbons (Fsp3) is 0.240. The van der Waals surface area contributed by atoms with Crippen molar-refractivity contribution in [3.8, 4) is 5.75 Å². The lowest BCUT2D eigenvalue weighted by atomic mass is 9.79. The summed E-state index contributed by atoms with van der Waals surface area (Å²) in [7, 11) is 1.67. The third kappa shape index (κ3) is 3.39. The van der Waals surface area contributed by atoms with Crippen molar-refractivity contribution in [1.82, 2.24) is 0 Å². The van der Waals surface area contributed by atoms with E-state index in [1.54, 1.807) is 18.4 Å². The molecule has 1 aromatic heterocycles. The van der Waals surface area contributed by atoms with E-state index < -0.39 is 0 Å². The van der Waals surface area contributed by atoms with E-state index in [0.29, 0.717) is 6.42 Å². The third-order valence-electron chi connectivity index (χ3n) is 5.97. The van der Waals surface area contributed by atoms with Crippen LogP contribution in [0.3, 0.4) is 0 Å². The van der Waals surface area contributed by atoms with Crippen molar-refractivity contribution < 1.29 is 9.53 Å². The number of ether oxygens (including phenoxy) is 1. The van der Waals surface area contributed by atoms with Gasteiger partial charge in [0.15, 0.2) is 5.78 Å². The molecule has 0 unspecified atom stereocenters. The summed E-state index contributed by atoms with van der Waals surface area (Å²) in [5.41, 5.74) is 6.32. The fourth-order valence-electron chi connectivity index (χ4n) is 4.44. The molecular weight excluding hydrogens is 392 g/mol. The van der Waals surface area contributed by atoms with Gasteiger partial charge in [0, 0.05) is 22.6 Å². The van der Waals surface area contributed by atoms with Gasteiger partial charge in [-0.15, -0.1) is 11.3 Å². The lowest BCUT2D eigenvalue weighted by Crippen LogP contribution is -2.26. The number of rotatable bonds is 3. The molecule has 0 spiro atoms. The molecule has 5 rings (SSSR count). The minimum atomic E-state index is -0.125. The van der Waals surface area contributed by atoms with Crippen LogP contribution < -0.4 is 15.4 Å². The molecule has 5 heteroatoms. The van der Waals surface area contributed by atoms with Crippen molar-refractivity contribution >= 4 is 28.5 Å². The van der Waals surface area contributed by atoms with Crippen LogP contribution in [0.25, 0.3) is 0 Å². The molecule has 2 N–H and O–H groups in total. The molecule has 0 bridgehead atoms. The van der Waals surface area contributed by atoms with Crippen molar-refractivity contribution in [3.63, 3.8) is 0 Å². The van der Waals surface area contributed by atoms with E-state index in [9.17, 15) is 4.79 Å². The van der Waals surface area contributed by atoms with Gasteiger partial charge in [0.05, 0.1) is 24.5 Å². The molecule has 4 nitrogen and oxygen atoms in total. The highest BCUT2D eigenvalue weighted by Gasteiger charge is 2.36. The van der Waals surface area contributed by atoms with Crippen molar-refractivity contribution in [2.24, 2.45) is 0 Å². The van der Waals surface area contributed by atoms with Crippen LogP contribution in [-0.4, -0.2) is 12.9 Å². The summed E-state index contributed by atoms with van der Waals surface area (Å²) in [4.78, 5) is 14.6. The van der Waals surface area contributed by atoms with E-state index in [2.05, 4.69) is 59.3 Å². The summed E-state index contributed by atoms with van der Waals surface area (Å²) in [5, 5.41) is 9.33. The molecule has 0 saturated heterocycles. The number of aryl methyl sites for hydroxylation is 1. The highest BCUT2D eigenvalue weighted by molar-refractivity contribution is 7.10. The molecule has 152 valence electrons. The lowest BCUT2D eigenvalue weighted by Gasteiger charge is -2.29. The average molecular weight is 417 g/mol. The molecule has 2 heterocycles. The van der Waals surface area contributed by atoms with Gasteiger partial charge in [-0.2, -0.15) is 0 Å². The number of allylic oxidation sites excluding steroid dienone is 1. The first-order chi connectivity index (χ1) is 14.6. The maximum atomic E-state index is 13.5. The summed E-state index contributed by atoms with van der Waals surface area (Å²) in [5.74, 6) is 1.20. The number of nitrogens with one attached hydrogen (secondary N) is 2. The molecule has 2 aromatic carbocycles. The molecule has 30 heavy (non-hydrogen) atoms. The van der Waals surface area contributed by atoms with E-state index in [4.69, 9.17) is 4.74 Å². The molecule has 0 saturated carbocycles. The number of carbonyl (C=O) groups is 1. The molecule has 2 aliphatic rings. The van der Waals surface area contributed by atoms with Crippen molar-refractivity contribution in [1.29, 1.82) is 0 Å². The third-order valence-corrected chi connectivity index (χ3v) is 6.91. The maximum Gasteiger partial charge on any atom is 0.163 e. The van der Waals surface area contributed by atoms with Gasteiger partial charge in [0.1, 0.15) is 5.75 Å². The summed E-state index contributed by atoms with van der Waals surface area (Å²) in [6, 6.07) is 18.5. The van der Waals surface area contributed by atoms with E-state index in [1.807, 2.05) is 18.2 Å². The summed E-state index contributed by atoms with van der Waals surface area (Å²) in [6.45, 7) is 2.09. The number of carbonyl (C=O) groups excluding carboxylic acids is 1. The van der Waals surface area contributed by atoms with Crippen LogP contribution in [0.5, 0.6) is 5.75 Å². The SMILES string of the molecule is COc1ccc([C@@H]2CC(=O)C3=C(C2)Nc2ccc(C)cc2N[C@H]3c2cccs2)cc1. The van der Waals surface area contributed by atoms with Gasteiger partial charge in [-0.25, -0.2) is 0 Å². The van der Waals surface area contributed by atoms with Crippen molar-refractivity contribution in [3.05, 3.63) is 87.3 Å². The summed E-state index contributed by atoms with van der Waals surface area (Å²) < 4.78 is 5.29. The lowest BCUT2D eigenvalue weighted by molar-refractivity contribution is -0.116. The van der Waals surface area contributed by atoms with Gasteiger partial charge in [-0.3, -0.25) is 4.79 Å². The van der Waals surface area contributed by atoms with Gasteiger partial charge < -0.3 is 15.4 Å². The Morgan fingerprint density at radius 2 is 1.87 bits per heavy atom. The van der Waals surface area contributed by atoms with E-state index >= 15 is 0 Å². The average Bonchev–Trinajstić information content (AvgIpc) is 3.23. The van der Waals surface area contributed by atoms with Crippen LogP contribution in [-0.2, 0) is 4.79 Å². The standard InChI is InChI=1S/C25H24N2O2S/c1-15-5-10-19-20(12-15)27-25(23-4-3-11-30-23)24-21(26-19)13-17(14-22(24)28)16-6-8-18(29-2)9-7-16/h3-12,17,25-27H,13-14H2,1-2H3/t17-,25-/m0/s1. The van der Waals surface area contributed by atoms with E-state index in [-0.39, 0.29) is 17.7 Å². The van der Waals surface area contributed by atoms with Crippen LogP contribution >= 0.6 is 11.3 Å². The molecule has 0 amide bonds. The highest BCUT2D eigenvalue weighted by atomic mass is 32.1. The monoisotopic (exact) mass is 416 g/mol. The Hall–Kier alpha value is -3.05. The van der Waals surface area contributed by atoms with Gasteiger partial charge >= 0.3 is 0 Å². The largest absolute Gasteiger partial charge is 0.497 e. The Labute approximate surface area is 180 Å². The number of anilines is 2. The first-order valence-electron chi connectivity index (χ1n) is 10.2. The number of fused-ring (bicyclic) bond motifs is 1. The zero-order chi connectivity index (χ0) is 20.7. The molecule has 0 radical (unpaired) electrons. The summed E-state index contributed by atoms with van der Waals surface area (Å²) >= 11 is 1.69. The fourth-order valence-corrected chi connectivity index (χ4v) is 5.23. The predicted octanol–water partition coefficient (Wildman–Crippen LogP) is 6.04. The number of hydrogen-bond acceptors (Lipinski definition) is 5. The van der Waals surface area contributed by atoms with Gasteiger partial charge in [0.2, 0.25) is 0 Å². The molecule has 3 aromatic rings. The number of methoxy groups -OCH3 is 1. The van der Waals surface area contributed by atoms with E-state index in [1.165, 1.54) is 11.1 Å². The molecule has 1 aliphatic heterocycles. The van der Waals surface area contributed by atoms with Crippen LogP contribution in [0.2, 0.25) is 0 Å². The van der Waals surface area contributed by atoms with Crippen LogP contribution in [0.1, 0.15) is 40.8 Å². The van der Waals surface area contributed by atoms with E-state index in [0.717, 1.165) is 39.7 Å². The molecule has 0 fully saturated rings. The Balaban J connectivity index is 1.57. The minimum absolute atomic E-state index is 0.125. The van der Waals surface area contributed by atoms with Gasteiger partial charge in [0.25, 0.3) is 0 Å². The smallest absolute Gasteiger partial charge is 0.163 e.